The number of carbonyl (C=O) groups excluding carboxylic acids is 2. The Hall–Kier alpha value is -2.58. The Morgan fingerprint density at radius 2 is 1.68 bits per heavy atom. The van der Waals surface area contributed by atoms with Crippen molar-refractivity contribution >= 4 is 20.0 Å². The van der Waals surface area contributed by atoms with Gasteiger partial charge in [0.2, 0.25) is 0 Å². The molecule has 282 valence electrons. The van der Waals surface area contributed by atoms with Crippen LogP contribution >= 0.6 is 0 Å². The number of likely N-dealkylation sites (N-methyl/N-ethyl adjacent to an activating group) is 1. The predicted molar refractivity (Wildman–Crippen MR) is 201 cm³/mol. The summed E-state index contributed by atoms with van der Waals surface area (Å²) in [4.78, 5) is 40.4. The minimum atomic E-state index is -1.19. The molecule has 13 heteroatoms. The molecule has 4 heterocycles. The number of piperidine rings is 1. The average molecular weight is 715 g/mol. The lowest BCUT2D eigenvalue weighted by atomic mass is 9.77. The van der Waals surface area contributed by atoms with E-state index in [-0.39, 0.29) is 30.9 Å². The molecule has 1 atom stereocenters. The molecule has 1 spiro atoms. The van der Waals surface area contributed by atoms with Gasteiger partial charge in [-0.3, -0.25) is 9.59 Å². The number of hydrogen-bond donors (Lipinski definition) is 1. The molecule has 1 unspecified atom stereocenters. The molecular weight excluding hydrogens is 649 g/mol. The molecule has 2 aliphatic rings. The highest BCUT2D eigenvalue weighted by molar-refractivity contribution is 6.76. The van der Waals surface area contributed by atoms with Crippen molar-refractivity contribution in [2.45, 2.75) is 104 Å². The number of likely N-dealkylation sites (tertiary alicyclic amines) is 2. The summed E-state index contributed by atoms with van der Waals surface area (Å²) < 4.78 is 15.6. The number of esters is 1. The zero-order valence-corrected chi connectivity index (χ0v) is 33.2. The molecule has 0 bridgehead atoms. The van der Waals surface area contributed by atoms with Crippen molar-refractivity contribution in [3.63, 3.8) is 0 Å². The van der Waals surface area contributed by atoms with Gasteiger partial charge in [0.15, 0.2) is 6.61 Å². The number of hydrogen-bond acceptors (Lipinski definition) is 9. The number of carbonyl (C=O) groups is 2. The minimum absolute atomic E-state index is 0.113. The molecule has 50 heavy (non-hydrogen) atoms. The Balaban J connectivity index is 1.30. The molecule has 1 N–H and O–H groups in total. The van der Waals surface area contributed by atoms with Crippen LogP contribution in [-0.2, 0) is 38.8 Å². The van der Waals surface area contributed by atoms with E-state index in [4.69, 9.17) is 19.4 Å². The largest absolute Gasteiger partial charge is 0.456 e. The van der Waals surface area contributed by atoms with Gasteiger partial charge in [-0.05, 0) is 82.2 Å². The third-order valence-electron chi connectivity index (χ3n) is 10.2. The number of nitrogens with one attached hydrogen (secondary N) is 1. The molecule has 0 radical (unpaired) electrons. The summed E-state index contributed by atoms with van der Waals surface area (Å²) in [6.07, 6.45) is 14.4. The van der Waals surface area contributed by atoms with Gasteiger partial charge in [-0.1, -0.05) is 33.5 Å². The molecule has 2 aromatic rings. The lowest BCUT2D eigenvalue weighted by molar-refractivity contribution is -0.151. The number of ether oxygens (including phenoxy) is 2. The summed E-state index contributed by atoms with van der Waals surface area (Å²) in [5.41, 5.74) is 0.521. The molecule has 1 amide bonds. The van der Waals surface area contributed by atoms with Crippen LogP contribution in [0.2, 0.25) is 25.7 Å². The van der Waals surface area contributed by atoms with Crippen molar-refractivity contribution in [3.8, 4) is 0 Å². The third-order valence-corrected chi connectivity index (χ3v) is 11.9. The predicted octanol–water partition coefficient (Wildman–Crippen LogP) is 4.51. The van der Waals surface area contributed by atoms with Crippen molar-refractivity contribution in [2.24, 2.45) is 11.3 Å². The van der Waals surface area contributed by atoms with E-state index in [0.29, 0.717) is 31.5 Å². The van der Waals surface area contributed by atoms with Crippen molar-refractivity contribution in [3.05, 3.63) is 36.4 Å². The smallest absolute Gasteiger partial charge is 0.306 e. The van der Waals surface area contributed by atoms with E-state index >= 15 is 0 Å². The fraction of sp³-hybridized carbons (Fsp3) is 0.784. The van der Waals surface area contributed by atoms with E-state index in [1.165, 1.54) is 56.9 Å². The summed E-state index contributed by atoms with van der Waals surface area (Å²) in [7, 11) is 2.10. The van der Waals surface area contributed by atoms with Gasteiger partial charge >= 0.3 is 5.97 Å². The molecule has 0 aliphatic carbocycles. The first-order valence-electron chi connectivity index (χ1n) is 19.0. The number of aryl methyl sites for hydroxylation is 1. The van der Waals surface area contributed by atoms with Crippen LogP contribution < -0.4 is 5.32 Å². The zero-order valence-electron chi connectivity index (χ0n) is 32.2. The average Bonchev–Trinajstić information content (AvgIpc) is 3.81. The van der Waals surface area contributed by atoms with Gasteiger partial charge in [0.05, 0.1) is 6.04 Å². The second kappa shape index (κ2) is 19.3. The highest BCUT2D eigenvalue weighted by Gasteiger charge is 2.40. The van der Waals surface area contributed by atoms with Gasteiger partial charge < -0.3 is 38.6 Å². The number of aromatic nitrogens is 4. The first kappa shape index (κ1) is 40.2. The van der Waals surface area contributed by atoms with Gasteiger partial charge in [-0.25, -0.2) is 9.97 Å². The van der Waals surface area contributed by atoms with Crippen LogP contribution in [0, 0.1) is 11.3 Å². The highest BCUT2D eigenvalue weighted by atomic mass is 28.3. The highest BCUT2D eigenvalue weighted by Crippen LogP contribution is 2.40. The lowest BCUT2D eigenvalue weighted by Gasteiger charge is -2.40. The molecular formula is C37H66N8O4Si. The summed E-state index contributed by atoms with van der Waals surface area (Å²) in [6.45, 7) is 21.5. The first-order valence-corrected chi connectivity index (χ1v) is 22.7. The molecule has 0 aromatic carbocycles. The Morgan fingerprint density at radius 1 is 0.980 bits per heavy atom. The second-order valence-corrected chi connectivity index (χ2v) is 22.1. The molecule has 12 nitrogen and oxygen atoms in total. The second-order valence-electron chi connectivity index (χ2n) is 16.5. The molecule has 2 aliphatic heterocycles. The first-order chi connectivity index (χ1) is 23.8. The minimum Gasteiger partial charge on any atom is -0.456 e. The molecule has 2 fully saturated rings. The Kier molecular flexibility index (Phi) is 15.5. The number of amides is 1. The van der Waals surface area contributed by atoms with Crippen LogP contribution in [0.5, 0.6) is 0 Å². The summed E-state index contributed by atoms with van der Waals surface area (Å²) in [5.74, 6) is 2.06. The molecule has 2 aromatic heterocycles. The van der Waals surface area contributed by atoms with Crippen LogP contribution in [0.3, 0.4) is 0 Å². The van der Waals surface area contributed by atoms with Crippen molar-refractivity contribution < 1.29 is 19.1 Å². The summed E-state index contributed by atoms with van der Waals surface area (Å²) in [5, 5.41) is 3.65. The number of nitrogens with zero attached hydrogens (tertiary/aromatic N) is 7. The van der Waals surface area contributed by atoms with Crippen LogP contribution in [-0.4, -0.2) is 127 Å². The zero-order chi connectivity index (χ0) is 36.1. The Bertz CT molecular complexity index is 1310. The van der Waals surface area contributed by atoms with Crippen LogP contribution in [0.15, 0.2) is 24.8 Å². The van der Waals surface area contributed by atoms with E-state index in [9.17, 15) is 9.59 Å². The van der Waals surface area contributed by atoms with Crippen molar-refractivity contribution in [1.29, 1.82) is 0 Å². The van der Waals surface area contributed by atoms with Gasteiger partial charge in [0, 0.05) is 86.0 Å². The van der Waals surface area contributed by atoms with Crippen molar-refractivity contribution in [2.75, 3.05) is 73.1 Å². The standard InChI is InChI=1S/C37H66N8O4Si/c1-31(2)27-42-19-11-37(12-20-42)13-21-43(29-37)17-9-18-44-22-15-39-33(44)26-32(38-14-8-10-35(47)49-28-34(46)41(3)4)36-40-16-23-45(36)30-48-24-25-50(5,6)7/h15-16,22-23,31-32,38H,8-14,17-21,24-30H2,1-7H3. The topological polar surface area (TPSA) is 110 Å². The van der Waals surface area contributed by atoms with E-state index in [0.717, 1.165) is 49.7 Å². The maximum atomic E-state index is 12.3. The number of rotatable bonds is 21. The van der Waals surface area contributed by atoms with E-state index in [1.807, 2.05) is 18.6 Å². The van der Waals surface area contributed by atoms with Crippen LogP contribution in [0.1, 0.15) is 70.1 Å². The maximum absolute atomic E-state index is 12.3. The van der Waals surface area contributed by atoms with Gasteiger partial charge in [0.1, 0.15) is 18.4 Å². The van der Waals surface area contributed by atoms with E-state index in [1.54, 1.807) is 14.1 Å². The molecule has 2 saturated heterocycles. The summed E-state index contributed by atoms with van der Waals surface area (Å²) >= 11 is 0. The SMILES string of the molecule is CC(C)CN1CCC2(CC1)CCN(CCCn1ccnc1CC(NCCCC(=O)OCC(=O)N(C)C)c1nccn1COCC[Si](C)(C)C)C2. The Morgan fingerprint density at radius 3 is 2.38 bits per heavy atom. The fourth-order valence-electron chi connectivity index (χ4n) is 7.12. The monoisotopic (exact) mass is 714 g/mol. The normalized spacial score (nSPS) is 17.5. The fourth-order valence-corrected chi connectivity index (χ4v) is 7.88. The quantitative estimate of drug-likeness (QED) is 0.114. The van der Waals surface area contributed by atoms with Crippen molar-refractivity contribution in [1.82, 2.24) is 39.1 Å². The third kappa shape index (κ3) is 13.2. The van der Waals surface area contributed by atoms with E-state index in [2.05, 4.69) is 63.9 Å². The maximum Gasteiger partial charge on any atom is 0.306 e. The molecule has 4 rings (SSSR count). The lowest BCUT2D eigenvalue weighted by Crippen LogP contribution is -2.42. The number of imidazole rings is 2. The summed E-state index contributed by atoms with van der Waals surface area (Å²) in [6, 6.07) is 1.000. The van der Waals surface area contributed by atoms with Crippen LogP contribution in [0.4, 0.5) is 0 Å². The van der Waals surface area contributed by atoms with Crippen LogP contribution in [0.25, 0.3) is 0 Å². The Labute approximate surface area is 302 Å². The van der Waals surface area contributed by atoms with E-state index < -0.39 is 8.07 Å². The van der Waals surface area contributed by atoms with Gasteiger partial charge in [-0.2, -0.15) is 0 Å². The molecule has 0 saturated carbocycles. The van der Waals surface area contributed by atoms with Gasteiger partial charge in [-0.15, -0.1) is 0 Å². The van der Waals surface area contributed by atoms with Gasteiger partial charge in [0.25, 0.3) is 5.91 Å².